The zero-order chi connectivity index (χ0) is 25.5. The average molecular weight is 507 g/mol. The Kier molecular flexibility index (Phi) is 9.60. The summed E-state index contributed by atoms with van der Waals surface area (Å²) in [6.45, 7) is 0.614. The van der Waals surface area contributed by atoms with E-state index in [1.165, 1.54) is 13.8 Å². The molecule has 1 atom stereocenters. The van der Waals surface area contributed by atoms with Crippen molar-refractivity contribution in [3.63, 3.8) is 0 Å². The van der Waals surface area contributed by atoms with Crippen LogP contribution in [0.5, 0.6) is 0 Å². The number of hydrogen-bond acceptors (Lipinski definition) is 13. The van der Waals surface area contributed by atoms with E-state index in [1.807, 2.05) is 0 Å². The minimum Gasteiger partial charge on any atom is -0.479 e. The fourth-order valence-electron chi connectivity index (χ4n) is 2.76. The van der Waals surface area contributed by atoms with Crippen LogP contribution in [0.25, 0.3) is 11.0 Å². The lowest BCUT2D eigenvalue weighted by Crippen LogP contribution is -2.32. The number of nitrogens with one attached hydrogen (secondary N) is 1. The molecule has 0 fully saturated rings. The van der Waals surface area contributed by atoms with Crippen molar-refractivity contribution in [3.8, 4) is 0 Å². The van der Waals surface area contributed by atoms with Crippen LogP contribution in [0.2, 0.25) is 0 Å². The quantitative estimate of drug-likeness (QED) is 0.162. The van der Waals surface area contributed by atoms with Gasteiger partial charge in [-0.25, -0.2) is 9.48 Å². The van der Waals surface area contributed by atoms with E-state index in [-0.39, 0.29) is 30.1 Å². The molecule has 0 aliphatic rings. The molecule has 190 valence electrons. The maximum absolute atomic E-state index is 13.1. The van der Waals surface area contributed by atoms with Gasteiger partial charge >= 0.3 is 13.6 Å². The largest absolute Gasteiger partial charge is 0.479 e. The Morgan fingerprint density at radius 3 is 2.29 bits per heavy atom. The monoisotopic (exact) mass is 507 g/mol. The van der Waals surface area contributed by atoms with E-state index in [9.17, 15) is 24.1 Å². The summed E-state index contributed by atoms with van der Waals surface area (Å²) >= 11 is 0. The van der Waals surface area contributed by atoms with Crippen LogP contribution in [0.15, 0.2) is 4.79 Å². The highest BCUT2D eigenvalue weighted by atomic mass is 31.2. The summed E-state index contributed by atoms with van der Waals surface area (Å²) in [6, 6.07) is 0. The lowest BCUT2D eigenvalue weighted by atomic mass is 10.4. The molecule has 2 aromatic rings. The van der Waals surface area contributed by atoms with Crippen molar-refractivity contribution in [2.24, 2.45) is 5.73 Å². The maximum Gasteiger partial charge on any atom is 0.364 e. The molecule has 17 nitrogen and oxygen atoms in total. The molecule has 0 spiro atoms. The second-order valence-corrected chi connectivity index (χ2v) is 8.72. The van der Waals surface area contributed by atoms with E-state index >= 15 is 0 Å². The Hall–Kier alpha value is -2.95. The van der Waals surface area contributed by atoms with Gasteiger partial charge < -0.3 is 40.2 Å². The lowest BCUT2D eigenvalue weighted by Gasteiger charge is -2.23. The Morgan fingerprint density at radius 2 is 1.79 bits per heavy atom. The van der Waals surface area contributed by atoms with Crippen LogP contribution in [0.3, 0.4) is 0 Å². The van der Waals surface area contributed by atoms with Gasteiger partial charge in [0.15, 0.2) is 16.9 Å². The van der Waals surface area contributed by atoms with E-state index in [1.54, 1.807) is 0 Å². The van der Waals surface area contributed by atoms with Crippen LogP contribution in [-0.4, -0.2) is 90.3 Å². The van der Waals surface area contributed by atoms with Crippen LogP contribution in [0.1, 0.15) is 13.8 Å². The number of aromatic nitrogens is 5. The summed E-state index contributed by atoms with van der Waals surface area (Å²) in [6.07, 6.45) is -0.986. The summed E-state index contributed by atoms with van der Waals surface area (Å²) in [5, 5.41) is 41.7. The van der Waals surface area contributed by atoms with Crippen LogP contribution < -0.4 is 16.6 Å². The molecule has 34 heavy (non-hydrogen) atoms. The molecule has 0 saturated carbocycles. The van der Waals surface area contributed by atoms with Gasteiger partial charge in [-0.1, -0.05) is 5.21 Å². The van der Waals surface area contributed by atoms with Gasteiger partial charge in [0.25, 0.3) is 5.56 Å². The normalized spacial score (nSPS) is 12.9. The number of carboxylic acid groups (broad SMARTS) is 1. The molecule has 1 amide bonds. The minimum atomic E-state index is -4.25. The zero-order valence-corrected chi connectivity index (χ0v) is 19.3. The highest BCUT2D eigenvalue weighted by molar-refractivity contribution is 7.55. The van der Waals surface area contributed by atoms with E-state index in [0.717, 1.165) is 9.36 Å². The molecule has 0 aromatic carbocycles. The number of carboxylic acids is 1. The first-order chi connectivity index (χ1) is 16.1. The first-order valence-electron chi connectivity index (χ1n) is 9.95. The van der Waals surface area contributed by atoms with Crippen molar-refractivity contribution < 1.29 is 43.3 Å². The molecule has 18 heteroatoms. The number of nitrogens with two attached hydrogens (primary N) is 1. The maximum atomic E-state index is 13.1. The molecule has 1 unspecified atom stereocenters. The Labute approximate surface area is 191 Å². The van der Waals surface area contributed by atoms with Gasteiger partial charge in [-0.05, 0) is 13.8 Å². The number of anilines is 1. The number of ether oxygens (including phenoxy) is 1. The highest BCUT2D eigenvalue weighted by Gasteiger charge is 2.42. The number of aliphatic hydroxyl groups excluding tert-OH is 2. The van der Waals surface area contributed by atoms with Crippen LogP contribution >= 0.6 is 7.60 Å². The summed E-state index contributed by atoms with van der Waals surface area (Å²) in [4.78, 5) is 36.3. The predicted octanol–water partition coefficient (Wildman–Crippen LogP) is -2.11. The second-order valence-electron chi connectivity index (χ2n) is 6.61. The van der Waals surface area contributed by atoms with Crippen molar-refractivity contribution in [1.82, 2.24) is 24.8 Å². The molecule has 0 aliphatic carbocycles. The SMILES string of the molecule is CCOP(=O)(OCC)C(Nc1nn(CC(N)=O)c2c(=O)n(COC(CO)CO)nnc12)C(=O)O. The molecular formula is C16H26N7O10P. The Bertz CT molecular complexity index is 1110. The number of carbonyl (C=O) groups excluding carboxylic acids is 1. The molecule has 2 rings (SSSR count). The number of nitrogens with zero attached hydrogens (tertiary/aromatic N) is 5. The molecule has 6 N–H and O–H groups in total. The van der Waals surface area contributed by atoms with Crippen LogP contribution in [0, 0.1) is 0 Å². The summed E-state index contributed by atoms with van der Waals surface area (Å²) in [7, 11) is -4.25. The van der Waals surface area contributed by atoms with Crippen molar-refractivity contribution in [2.75, 3.05) is 31.7 Å². The van der Waals surface area contributed by atoms with Gasteiger partial charge in [-0.2, -0.15) is 9.78 Å². The molecule has 0 saturated heterocycles. The molecule has 2 aromatic heterocycles. The van der Waals surface area contributed by atoms with Crippen molar-refractivity contribution in [1.29, 1.82) is 0 Å². The van der Waals surface area contributed by atoms with Gasteiger partial charge in [-0.3, -0.25) is 14.2 Å². The standard InChI is InChI=1S/C16H26N7O10P/c1-3-32-34(30,33-4-2)14(16(28)29)18-13-11-12(22(20-13)5-10(17)26)15(27)23(21-19-11)8-31-9(6-24)7-25/h9,14,24-25H,3-8H2,1-2H3,(H2,17,26)(H,18,20)(H,28,29). The van der Waals surface area contributed by atoms with Crippen molar-refractivity contribution in [3.05, 3.63) is 10.4 Å². The van der Waals surface area contributed by atoms with E-state index < -0.39 is 63.4 Å². The smallest absolute Gasteiger partial charge is 0.364 e. The van der Waals surface area contributed by atoms with Crippen molar-refractivity contribution in [2.45, 2.75) is 39.0 Å². The fraction of sp³-hybridized carbons (Fsp3) is 0.625. The third-order valence-electron chi connectivity index (χ3n) is 4.20. The van der Waals surface area contributed by atoms with E-state index in [2.05, 4.69) is 20.7 Å². The number of rotatable bonds is 15. The zero-order valence-electron chi connectivity index (χ0n) is 18.4. The number of hydrogen-bond donors (Lipinski definition) is 5. The average Bonchev–Trinajstić information content (AvgIpc) is 3.11. The first kappa shape index (κ1) is 27.3. The van der Waals surface area contributed by atoms with Gasteiger partial charge in [0.05, 0.1) is 26.4 Å². The summed E-state index contributed by atoms with van der Waals surface area (Å²) in [5.74, 6) is -4.75. The van der Waals surface area contributed by atoms with Crippen LogP contribution in [0.4, 0.5) is 5.82 Å². The number of amides is 1. The predicted molar refractivity (Wildman–Crippen MR) is 114 cm³/mol. The number of fused-ring (bicyclic) bond motifs is 1. The number of aliphatic carboxylic acids is 1. The molecule has 2 heterocycles. The van der Waals surface area contributed by atoms with E-state index in [0.29, 0.717) is 0 Å². The fourth-order valence-corrected chi connectivity index (χ4v) is 4.40. The molecular weight excluding hydrogens is 481 g/mol. The minimum absolute atomic E-state index is 0.118. The lowest BCUT2D eigenvalue weighted by molar-refractivity contribution is -0.136. The van der Waals surface area contributed by atoms with Crippen LogP contribution in [-0.2, 0) is 41.2 Å². The molecule has 0 bridgehead atoms. The third-order valence-corrected chi connectivity index (χ3v) is 6.42. The van der Waals surface area contributed by atoms with Gasteiger partial charge in [0, 0.05) is 0 Å². The van der Waals surface area contributed by atoms with Gasteiger partial charge in [0.1, 0.15) is 19.4 Å². The second kappa shape index (κ2) is 12.0. The Morgan fingerprint density at radius 1 is 1.18 bits per heavy atom. The summed E-state index contributed by atoms with van der Waals surface area (Å²) in [5.41, 5.74) is 3.82. The number of primary amides is 1. The third kappa shape index (κ3) is 6.13. The topological polar surface area (TPSA) is 243 Å². The van der Waals surface area contributed by atoms with Gasteiger partial charge in [-0.15, -0.1) is 5.10 Å². The first-order valence-corrected chi connectivity index (χ1v) is 11.6. The van der Waals surface area contributed by atoms with E-state index in [4.69, 9.17) is 29.7 Å². The number of carbonyl (C=O) groups is 2. The Balaban J connectivity index is 2.57. The molecule has 0 aliphatic heterocycles. The number of aliphatic hydroxyl groups is 2. The summed E-state index contributed by atoms with van der Waals surface area (Å²) < 4.78 is 30.0. The van der Waals surface area contributed by atoms with Crippen molar-refractivity contribution >= 4 is 36.3 Å². The highest BCUT2D eigenvalue weighted by Crippen LogP contribution is 2.53. The molecule has 0 radical (unpaired) electrons. The van der Waals surface area contributed by atoms with Gasteiger partial charge in [0.2, 0.25) is 11.7 Å².